The maximum atomic E-state index is 12.4. The van der Waals surface area contributed by atoms with Gasteiger partial charge in [0.25, 0.3) is 0 Å². The van der Waals surface area contributed by atoms with Gasteiger partial charge in [-0.15, -0.1) is 0 Å². The molecule has 4 heteroatoms. The van der Waals surface area contributed by atoms with Crippen molar-refractivity contribution in [2.45, 2.75) is 6.42 Å². The zero-order chi connectivity index (χ0) is 20.2. The quantitative estimate of drug-likeness (QED) is 0.206. The highest BCUT2D eigenvalue weighted by atomic mass is 127. The molecular weight excluding hydrogens is 473 g/mol. The number of ketones is 1. The van der Waals surface area contributed by atoms with Gasteiger partial charge in [0.1, 0.15) is 5.75 Å². The van der Waals surface area contributed by atoms with E-state index < -0.39 is 0 Å². The molecule has 0 atom stereocenters. The van der Waals surface area contributed by atoms with E-state index in [9.17, 15) is 4.79 Å². The standard InChI is InChI=1S/C25H20INO2/c26-18-9-11-20(12-10-18)29-14-13-19(28)16-25(27)24-15-17-5-1-2-6-21(17)22-7-3-4-8-23(22)24/h1-12,15-16H,13-14,27H2/b25-16-. The van der Waals surface area contributed by atoms with Gasteiger partial charge in [-0.2, -0.15) is 0 Å². The molecule has 3 nitrogen and oxygen atoms in total. The van der Waals surface area contributed by atoms with Crippen LogP contribution in [0.2, 0.25) is 0 Å². The number of nitrogens with two attached hydrogens (primary N) is 1. The molecule has 0 heterocycles. The zero-order valence-electron chi connectivity index (χ0n) is 15.8. The Balaban J connectivity index is 1.55. The highest BCUT2D eigenvalue weighted by Crippen LogP contribution is 2.31. The van der Waals surface area contributed by atoms with Crippen molar-refractivity contribution in [1.82, 2.24) is 0 Å². The molecule has 0 aromatic heterocycles. The van der Waals surface area contributed by atoms with Crippen LogP contribution in [0, 0.1) is 3.57 Å². The zero-order valence-corrected chi connectivity index (χ0v) is 17.9. The third kappa shape index (κ3) is 4.43. The SMILES string of the molecule is N/C(=C\C(=O)CCOc1ccc(I)cc1)c1cc2ccccc2c2ccccc12. The summed E-state index contributed by atoms with van der Waals surface area (Å²) in [6.07, 6.45) is 1.80. The van der Waals surface area contributed by atoms with Crippen LogP contribution in [0.3, 0.4) is 0 Å². The van der Waals surface area contributed by atoms with Crippen molar-refractivity contribution in [1.29, 1.82) is 0 Å². The van der Waals surface area contributed by atoms with E-state index in [0.29, 0.717) is 12.3 Å². The largest absolute Gasteiger partial charge is 0.493 e. The fraction of sp³-hybridized carbons (Fsp3) is 0.0800. The van der Waals surface area contributed by atoms with Crippen molar-refractivity contribution >= 4 is 55.6 Å². The number of halogens is 1. The molecule has 0 spiro atoms. The molecule has 144 valence electrons. The monoisotopic (exact) mass is 493 g/mol. The molecule has 2 N–H and O–H groups in total. The lowest BCUT2D eigenvalue weighted by atomic mass is 9.95. The molecule has 0 aliphatic carbocycles. The third-order valence-electron chi connectivity index (χ3n) is 4.83. The van der Waals surface area contributed by atoms with Crippen molar-refractivity contribution in [3.05, 3.63) is 94.1 Å². The Morgan fingerprint density at radius 2 is 1.55 bits per heavy atom. The topological polar surface area (TPSA) is 52.3 Å². The average molecular weight is 493 g/mol. The van der Waals surface area contributed by atoms with Crippen LogP contribution >= 0.6 is 22.6 Å². The van der Waals surface area contributed by atoms with E-state index in [-0.39, 0.29) is 12.2 Å². The number of carbonyl (C=O) groups is 1. The summed E-state index contributed by atoms with van der Waals surface area (Å²) in [5, 5.41) is 4.46. The van der Waals surface area contributed by atoms with Gasteiger partial charge in [0, 0.05) is 27.3 Å². The third-order valence-corrected chi connectivity index (χ3v) is 5.55. The summed E-state index contributed by atoms with van der Waals surface area (Å²) in [5.74, 6) is 0.709. The van der Waals surface area contributed by atoms with E-state index in [0.717, 1.165) is 31.0 Å². The molecule has 0 amide bonds. The second-order valence-electron chi connectivity index (χ2n) is 6.81. The first kappa shape index (κ1) is 19.5. The molecule has 0 bridgehead atoms. The molecule has 0 aliphatic heterocycles. The number of allylic oxidation sites excluding steroid dienone is 1. The number of fused-ring (bicyclic) bond motifs is 3. The van der Waals surface area contributed by atoms with Crippen LogP contribution in [0.4, 0.5) is 0 Å². The first-order valence-electron chi connectivity index (χ1n) is 9.41. The predicted molar refractivity (Wildman–Crippen MR) is 128 cm³/mol. The lowest BCUT2D eigenvalue weighted by Crippen LogP contribution is -2.07. The van der Waals surface area contributed by atoms with E-state index in [1.807, 2.05) is 54.6 Å². The Kier molecular flexibility index (Phi) is 5.81. The van der Waals surface area contributed by atoms with Crippen molar-refractivity contribution in [2.24, 2.45) is 5.73 Å². The lowest BCUT2D eigenvalue weighted by molar-refractivity contribution is -0.115. The molecule has 0 radical (unpaired) electrons. The minimum atomic E-state index is -0.0507. The number of ether oxygens (including phenoxy) is 1. The van der Waals surface area contributed by atoms with Gasteiger partial charge >= 0.3 is 0 Å². The van der Waals surface area contributed by atoms with Crippen LogP contribution in [0.25, 0.3) is 27.2 Å². The smallest absolute Gasteiger partial charge is 0.161 e. The van der Waals surface area contributed by atoms with E-state index in [2.05, 4.69) is 46.9 Å². The van der Waals surface area contributed by atoms with Gasteiger partial charge < -0.3 is 10.5 Å². The van der Waals surface area contributed by atoms with Gasteiger partial charge in [-0.3, -0.25) is 4.79 Å². The van der Waals surface area contributed by atoms with Gasteiger partial charge in [0.15, 0.2) is 5.78 Å². The summed E-state index contributed by atoms with van der Waals surface area (Å²) in [5.41, 5.74) is 7.71. The first-order chi connectivity index (χ1) is 14.1. The number of benzene rings is 4. The first-order valence-corrected chi connectivity index (χ1v) is 10.5. The van der Waals surface area contributed by atoms with Crippen molar-refractivity contribution < 1.29 is 9.53 Å². The molecule has 0 saturated carbocycles. The van der Waals surface area contributed by atoms with E-state index in [1.165, 1.54) is 11.5 Å². The maximum Gasteiger partial charge on any atom is 0.161 e. The Labute approximate surface area is 183 Å². The second-order valence-corrected chi connectivity index (χ2v) is 8.05. The van der Waals surface area contributed by atoms with Crippen molar-refractivity contribution in [3.63, 3.8) is 0 Å². The predicted octanol–water partition coefficient (Wildman–Crippen LogP) is 5.94. The number of hydrogen-bond donors (Lipinski definition) is 1. The Hall–Kier alpha value is -2.86. The minimum Gasteiger partial charge on any atom is -0.493 e. The van der Waals surface area contributed by atoms with Crippen molar-refractivity contribution in [3.8, 4) is 5.75 Å². The van der Waals surface area contributed by atoms with Crippen LogP contribution in [-0.2, 0) is 4.79 Å². The molecule has 0 fully saturated rings. The van der Waals surface area contributed by atoms with E-state index in [4.69, 9.17) is 10.5 Å². The van der Waals surface area contributed by atoms with Gasteiger partial charge in [0.05, 0.1) is 6.61 Å². The number of hydrogen-bond acceptors (Lipinski definition) is 3. The molecule has 29 heavy (non-hydrogen) atoms. The van der Waals surface area contributed by atoms with Crippen LogP contribution in [0.1, 0.15) is 12.0 Å². The van der Waals surface area contributed by atoms with E-state index in [1.54, 1.807) is 0 Å². The van der Waals surface area contributed by atoms with Crippen LogP contribution in [0.5, 0.6) is 5.75 Å². The fourth-order valence-electron chi connectivity index (χ4n) is 3.42. The summed E-state index contributed by atoms with van der Waals surface area (Å²) in [6.45, 7) is 0.321. The Morgan fingerprint density at radius 1 is 0.897 bits per heavy atom. The maximum absolute atomic E-state index is 12.4. The Morgan fingerprint density at radius 3 is 2.31 bits per heavy atom. The lowest BCUT2D eigenvalue weighted by Gasteiger charge is -2.11. The molecule has 0 aliphatic rings. The second kappa shape index (κ2) is 8.66. The average Bonchev–Trinajstić information content (AvgIpc) is 2.74. The molecule has 0 unspecified atom stereocenters. The Bertz CT molecular complexity index is 1210. The van der Waals surface area contributed by atoms with Gasteiger partial charge in [-0.1, -0.05) is 48.5 Å². The number of carbonyl (C=O) groups excluding carboxylic acids is 1. The molecule has 4 aromatic carbocycles. The molecule has 4 aromatic rings. The summed E-state index contributed by atoms with van der Waals surface area (Å²) < 4.78 is 6.80. The highest BCUT2D eigenvalue weighted by molar-refractivity contribution is 14.1. The van der Waals surface area contributed by atoms with Crippen molar-refractivity contribution in [2.75, 3.05) is 6.61 Å². The summed E-state index contributed by atoms with van der Waals surface area (Å²) in [7, 11) is 0. The fourth-order valence-corrected chi connectivity index (χ4v) is 3.78. The van der Waals surface area contributed by atoms with Crippen LogP contribution in [-0.4, -0.2) is 12.4 Å². The molecule has 4 rings (SSSR count). The normalized spacial score (nSPS) is 11.7. The molecular formula is C25H20INO2. The molecule has 0 saturated heterocycles. The van der Waals surface area contributed by atoms with Crippen LogP contribution < -0.4 is 10.5 Å². The van der Waals surface area contributed by atoms with Crippen LogP contribution in [0.15, 0.2) is 84.9 Å². The van der Waals surface area contributed by atoms with Gasteiger partial charge in [-0.25, -0.2) is 0 Å². The highest BCUT2D eigenvalue weighted by Gasteiger charge is 2.09. The van der Waals surface area contributed by atoms with Gasteiger partial charge in [0.2, 0.25) is 0 Å². The summed E-state index contributed by atoms with van der Waals surface area (Å²) in [4.78, 5) is 12.4. The number of rotatable bonds is 6. The summed E-state index contributed by atoms with van der Waals surface area (Å²) in [6, 6.07) is 26.2. The van der Waals surface area contributed by atoms with Gasteiger partial charge in [-0.05, 0) is 74.5 Å². The summed E-state index contributed by atoms with van der Waals surface area (Å²) >= 11 is 2.24. The van der Waals surface area contributed by atoms with E-state index >= 15 is 0 Å². The minimum absolute atomic E-state index is 0.0507.